The third-order valence-corrected chi connectivity index (χ3v) is 16.5. The Hall–Kier alpha value is -0.720. The molecule has 0 bridgehead atoms. The largest absolute Gasteiger partial charge is 0.331 e. The van der Waals surface area contributed by atoms with Crippen LogP contribution in [0.3, 0.4) is 0 Å². The highest BCUT2D eigenvalue weighted by Gasteiger charge is 2.48. The molecule has 0 atom stereocenters. The first-order valence-electron chi connectivity index (χ1n) is 14.9. The molecular formula is C31H51N2P. The van der Waals surface area contributed by atoms with Crippen LogP contribution in [0.2, 0.25) is 0 Å². The van der Waals surface area contributed by atoms with E-state index in [0.29, 0.717) is 0 Å². The number of rotatable bonds is 4. The molecule has 0 amide bonds. The minimum absolute atomic E-state index is 0.997. The van der Waals surface area contributed by atoms with Crippen molar-refractivity contribution in [1.29, 1.82) is 0 Å². The maximum Gasteiger partial charge on any atom is 0.0836 e. The standard InChI is InChI=1S/C31H51N2P/c1-24-22-25(2)30(26(3)23-24)33-21-20-32(4)31(33)34(27-14-8-5-9-15-27,28-16-10-6-11-17-28)29-18-12-7-13-19-29/h22-23,27-29H,5-21H2,1-4H3. The van der Waals surface area contributed by atoms with Gasteiger partial charge in [-0.15, -0.1) is 0 Å². The zero-order valence-corrected chi connectivity index (χ0v) is 23.6. The van der Waals surface area contributed by atoms with Crippen LogP contribution in [0.15, 0.2) is 12.1 Å². The molecule has 4 fully saturated rings. The van der Waals surface area contributed by atoms with Gasteiger partial charge >= 0.3 is 0 Å². The van der Waals surface area contributed by atoms with Crippen LogP contribution in [0, 0.1) is 20.8 Å². The van der Waals surface area contributed by atoms with Gasteiger partial charge in [-0.05, 0) is 94.4 Å². The Labute approximate surface area is 210 Å². The molecule has 4 aliphatic rings. The topological polar surface area (TPSA) is 6.48 Å². The highest BCUT2D eigenvalue weighted by Crippen LogP contribution is 2.71. The van der Waals surface area contributed by atoms with Crippen LogP contribution in [0.5, 0.6) is 0 Å². The molecule has 3 heteroatoms. The predicted octanol–water partition coefficient (Wildman–Crippen LogP) is 8.47. The SMILES string of the molecule is Cc1cc(C)c(N2CCN(C)C2=P(C2CCCCC2)(C2CCCCC2)C2CCCCC2)c(C)c1. The van der Waals surface area contributed by atoms with Gasteiger partial charge in [-0.2, -0.15) is 0 Å². The summed E-state index contributed by atoms with van der Waals surface area (Å²) in [7, 11) is 2.48. The Balaban J connectivity index is 1.77. The molecule has 3 saturated carbocycles. The molecule has 190 valence electrons. The Bertz CT molecular complexity index is 825. The maximum atomic E-state index is 2.93. The second-order valence-electron chi connectivity index (χ2n) is 12.3. The lowest BCUT2D eigenvalue weighted by molar-refractivity contribution is 0.456. The van der Waals surface area contributed by atoms with E-state index in [-0.39, 0.29) is 0 Å². The van der Waals surface area contributed by atoms with E-state index in [0.717, 1.165) is 17.0 Å². The maximum absolute atomic E-state index is 2.93. The summed E-state index contributed by atoms with van der Waals surface area (Å²) in [6.45, 7) is 8.12. The van der Waals surface area contributed by atoms with Crippen LogP contribution in [-0.4, -0.2) is 47.6 Å². The van der Waals surface area contributed by atoms with Gasteiger partial charge in [0.2, 0.25) is 0 Å². The predicted molar refractivity (Wildman–Crippen MR) is 153 cm³/mol. The van der Waals surface area contributed by atoms with Crippen LogP contribution in [0.4, 0.5) is 5.69 Å². The van der Waals surface area contributed by atoms with Crippen molar-refractivity contribution in [1.82, 2.24) is 4.90 Å². The van der Waals surface area contributed by atoms with Gasteiger partial charge in [0, 0.05) is 18.8 Å². The lowest BCUT2D eigenvalue weighted by Crippen LogP contribution is -2.43. The molecule has 0 aromatic heterocycles. The summed E-state index contributed by atoms with van der Waals surface area (Å²) < 4.78 is 0. The summed E-state index contributed by atoms with van der Waals surface area (Å²) in [5.41, 5.74) is 10.9. The normalized spacial score (nSPS) is 24.8. The van der Waals surface area contributed by atoms with Gasteiger partial charge in [-0.1, -0.05) is 82.4 Å². The molecule has 34 heavy (non-hydrogen) atoms. The highest BCUT2D eigenvalue weighted by atomic mass is 31.2. The van der Waals surface area contributed by atoms with Gasteiger partial charge < -0.3 is 4.90 Å². The van der Waals surface area contributed by atoms with Crippen LogP contribution in [0.1, 0.15) is 113 Å². The van der Waals surface area contributed by atoms with E-state index >= 15 is 0 Å². The number of aryl methyl sites for hydroxylation is 3. The molecule has 0 N–H and O–H groups in total. The van der Waals surface area contributed by atoms with Crippen molar-refractivity contribution in [2.24, 2.45) is 0 Å². The molecule has 1 saturated heterocycles. The Morgan fingerprint density at radius 3 is 1.44 bits per heavy atom. The van der Waals surface area contributed by atoms with Crippen molar-refractivity contribution < 1.29 is 0 Å². The Morgan fingerprint density at radius 1 is 0.618 bits per heavy atom. The molecule has 5 rings (SSSR count). The summed E-state index contributed by atoms with van der Waals surface area (Å²) in [6, 6.07) is 4.89. The molecular weight excluding hydrogens is 431 g/mol. The Morgan fingerprint density at radius 2 is 1.03 bits per heavy atom. The smallest absolute Gasteiger partial charge is 0.0836 e. The average Bonchev–Trinajstić information content (AvgIpc) is 3.22. The van der Waals surface area contributed by atoms with Crippen LogP contribution in [-0.2, 0) is 0 Å². The van der Waals surface area contributed by atoms with E-state index in [1.807, 2.05) is 5.54 Å². The summed E-state index contributed by atoms with van der Waals surface area (Å²) >= 11 is 0. The number of hydrogen-bond acceptors (Lipinski definition) is 0. The molecule has 1 aliphatic heterocycles. The molecule has 0 radical (unpaired) electrons. The highest BCUT2D eigenvalue weighted by molar-refractivity contribution is 7.78. The third kappa shape index (κ3) is 4.45. The summed E-state index contributed by atoms with van der Waals surface area (Å²) in [6.07, 6.45) is 22.6. The number of hydrogen-bond donors (Lipinski definition) is 0. The first kappa shape index (κ1) is 25.0. The fourth-order valence-corrected chi connectivity index (χ4v) is 16.6. The molecule has 1 heterocycles. The summed E-state index contributed by atoms with van der Waals surface area (Å²) in [5.74, 6) is 0. The van der Waals surface area contributed by atoms with E-state index in [2.05, 4.69) is 49.8 Å². The van der Waals surface area contributed by atoms with Gasteiger partial charge in [0.1, 0.15) is 0 Å². The van der Waals surface area contributed by atoms with Crippen LogP contribution in [0.25, 0.3) is 0 Å². The van der Waals surface area contributed by atoms with E-state index in [9.17, 15) is 0 Å². The quantitative estimate of drug-likeness (QED) is 0.397. The molecule has 1 aromatic rings. The molecule has 2 nitrogen and oxygen atoms in total. The van der Waals surface area contributed by atoms with Crippen molar-refractivity contribution in [2.45, 2.75) is 134 Å². The monoisotopic (exact) mass is 482 g/mol. The van der Waals surface area contributed by atoms with Crippen molar-refractivity contribution in [3.05, 3.63) is 28.8 Å². The first-order valence-corrected chi connectivity index (χ1v) is 16.8. The average molecular weight is 483 g/mol. The number of benzene rings is 1. The second kappa shape index (κ2) is 10.7. The van der Waals surface area contributed by atoms with E-state index in [1.54, 1.807) is 5.69 Å². The zero-order valence-electron chi connectivity index (χ0n) is 22.7. The van der Waals surface area contributed by atoms with Crippen molar-refractivity contribution in [3.63, 3.8) is 0 Å². The van der Waals surface area contributed by atoms with E-state index in [1.165, 1.54) is 126 Å². The van der Waals surface area contributed by atoms with Crippen LogP contribution >= 0.6 is 6.89 Å². The van der Waals surface area contributed by atoms with Crippen LogP contribution < -0.4 is 4.90 Å². The van der Waals surface area contributed by atoms with E-state index in [4.69, 9.17) is 0 Å². The van der Waals surface area contributed by atoms with Gasteiger partial charge in [0.25, 0.3) is 0 Å². The number of likely N-dealkylation sites (N-methyl/N-ethyl adjacent to an activating group) is 1. The van der Waals surface area contributed by atoms with Crippen molar-refractivity contribution in [3.8, 4) is 0 Å². The third-order valence-electron chi connectivity index (χ3n) is 10.0. The summed E-state index contributed by atoms with van der Waals surface area (Å²) in [5, 5.41) is 0. The number of nitrogens with zero attached hydrogens (tertiary/aromatic N) is 2. The molecule has 3 aliphatic carbocycles. The minimum atomic E-state index is -1.33. The lowest BCUT2D eigenvalue weighted by atomic mass is 9.99. The summed E-state index contributed by atoms with van der Waals surface area (Å²) in [4.78, 5) is 5.74. The van der Waals surface area contributed by atoms with Crippen molar-refractivity contribution >= 4 is 18.1 Å². The van der Waals surface area contributed by atoms with Gasteiger partial charge in [-0.3, -0.25) is 4.90 Å². The van der Waals surface area contributed by atoms with Gasteiger partial charge in [0.15, 0.2) is 0 Å². The number of anilines is 1. The zero-order chi connectivity index (χ0) is 23.7. The Kier molecular flexibility index (Phi) is 7.87. The molecule has 0 unspecified atom stereocenters. The second-order valence-corrected chi connectivity index (χ2v) is 16.6. The minimum Gasteiger partial charge on any atom is -0.331 e. The van der Waals surface area contributed by atoms with Gasteiger partial charge in [-0.25, -0.2) is 0 Å². The van der Waals surface area contributed by atoms with Crippen molar-refractivity contribution in [2.75, 3.05) is 25.0 Å². The van der Waals surface area contributed by atoms with Gasteiger partial charge in [0.05, 0.1) is 5.54 Å². The molecule has 0 spiro atoms. The lowest BCUT2D eigenvalue weighted by Gasteiger charge is -2.53. The fourth-order valence-electron chi connectivity index (χ4n) is 8.88. The molecule has 1 aromatic carbocycles. The fraction of sp³-hybridized carbons (Fsp3) is 0.774. The van der Waals surface area contributed by atoms with E-state index < -0.39 is 6.89 Å². The first-order chi connectivity index (χ1) is 16.5.